The number of thiazole rings is 1. The average Bonchev–Trinajstić information content (AvgIpc) is 2.94. The molecule has 0 saturated carbocycles. The van der Waals surface area contributed by atoms with Crippen LogP contribution < -0.4 is 14.9 Å². The van der Waals surface area contributed by atoms with E-state index in [2.05, 4.69) is 42.0 Å². The Morgan fingerprint density at radius 3 is 2.61 bits per heavy atom. The minimum atomic E-state index is -0.256. The maximum atomic E-state index is 12.3. The van der Waals surface area contributed by atoms with Gasteiger partial charge >= 0.3 is 4.87 Å². The summed E-state index contributed by atoms with van der Waals surface area (Å²) >= 11 is 4.69. The first-order valence-corrected chi connectivity index (χ1v) is 10.7. The molecule has 5 nitrogen and oxygen atoms in total. The minimum absolute atomic E-state index is 0.00728. The molecule has 0 aliphatic heterocycles. The second kappa shape index (κ2) is 8.09. The van der Waals surface area contributed by atoms with E-state index in [1.807, 2.05) is 37.3 Å². The van der Waals surface area contributed by atoms with Crippen molar-refractivity contribution in [3.8, 4) is 5.75 Å². The minimum Gasteiger partial charge on any atom is -0.483 e. The van der Waals surface area contributed by atoms with Crippen molar-refractivity contribution in [2.45, 2.75) is 39.7 Å². The first kappa shape index (κ1) is 20.6. The normalized spacial score (nSPS) is 11.6. The summed E-state index contributed by atoms with van der Waals surface area (Å²) in [5.74, 6) is 0.366. The van der Waals surface area contributed by atoms with Crippen molar-refractivity contribution in [3.63, 3.8) is 0 Å². The molecule has 0 radical (unpaired) electrons. The highest BCUT2D eigenvalue weighted by molar-refractivity contribution is 9.10. The number of fused-ring (bicyclic) bond motifs is 1. The Morgan fingerprint density at radius 1 is 1.21 bits per heavy atom. The van der Waals surface area contributed by atoms with E-state index in [0.717, 1.165) is 14.7 Å². The zero-order valence-electron chi connectivity index (χ0n) is 16.3. The van der Waals surface area contributed by atoms with Gasteiger partial charge in [-0.15, -0.1) is 0 Å². The molecule has 1 amide bonds. The summed E-state index contributed by atoms with van der Waals surface area (Å²) in [6.45, 7) is 8.90. The van der Waals surface area contributed by atoms with Crippen molar-refractivity contribution in [1.29, 1.82) is 0 Å². The Morgan fingerprint density at radius 2 is 1.96 bits per heavy atom. The predicted molar refractivity (Wildman–Crippen MR) is 119 cm³/mol. The number of amides is 1. The van der Waals surface area contributed by atoms with Gasteiger partial charge in [0.2, 0.25) is 0 Å². The van der Waals surface area contributed by atoms with Gasteiger partial charge in [0.1, 0.15) is 5.75 Å². The predicted octanol–water partition coefficient (Wildman–Crippen LogP) is 5.16. The molecule has 0 fully saturated rings. The smallest absolute Gasteiger partial charge is 0.308 e. The van der Waals surface area contributed by atoms with E-state index < -0.39 is 0 Å². The van der Waals surface area contributed by atoms with Gasteiger partial charge in [-0.1, -0.05) is 38.2 Å². The number of ether oxygens (including phenoxy) is 1. The molecular weight excluding hydrogens is 440 g/mol. The molecule has 0 aliphatic rings. The highest BCUT2D eigenvalue weighted by atomic mass is 79.9. The molecule has 1 heterocycles. The molecular formula is C21H23BrN2O3S. The molecule has 148 valence electrons. The van der Waals surface area contributed by atoms with Crippen LogP contribution >= 0.6 is 27.3 Å². The number of anilines is 1. The van der Waals surface area contributed by atoms with Crippen LogP contribution in [0.5, 0.6) is 5.75 Å². The van der Waals surface area contributed by atoms with E-state index in [1.165, 1.54) is 16.9 Å². The number of hydrogen-bond donors (Lipinski definition) is 1. The zero-order chi connectivity index (χ0) is 20.5. The van der Waals surface area contributed by atoms with Crippen LogP contribution in [-0.2, 0) is 16.8 Å². The Hall–Kier alpha value is -2.12. The van der Waals surface area contributed by atoms with Crippen molar-refractivity contribution >= 4 is 49.1 Å². The van der Waals surface area contributed by atoms with Crippen LogP contribution in [-0.4, -0.2) is 17.1 Å². The van der Waals surface area contributed by atoms with Crippen molar-refractivity contribution in [3.05, 3.63) is 56.1 Å². The van der Waals surface area contributed by atoms with E-state index in [4.69, 9.17) is 4.74 Å². The summed E-state index contributed by atoms with van der Waals surface area (Å²) in [4.78, 5) is 24.2. The number of aryl methyl sites for hydroxylation is 1. The SMILES string of the molecule is CCn1c(=O)sc2cc(NC(=O)COc3ccc(C(C)(C)C)cc3Br)ccc21. The van der Waals surface area contributed by atoms with Crippen LogP contribution in [0.15, 0.2) is 45.7 Å². The molecule has 2 aromatic carbocycles. The molecule has 0 unspecified atom stereocenters. The lowest BCUT2D eigenvalue weighted by Crippen LogP contribution is -2.20. The van der Waals surface area contributed by atoms with Gasteiger partial charge in [0.05, 0.1) is 14.7 Å². The lowest BCUT2D eigenvalue weighted by molar-refractivity contribution is -0.118. The Balaban J connectivity index is 1.66. The fourth-order valence-electron chi connectivity index (χ4n) is 2.87. The first-order valence-electron chi connectivity index (χ1n) is 9.05. The number of carbonyl (C=O) groups excluding carboxylic acids is 1. The molecule has 0 spiro atoms. The van der Waals surface area contributed by atoms with Gasteiger partial charge in [-0.2, -0.15) is 0 Å². The maximum absolute atomic E-state index is 12.3. The van der Waals surface area contributed by atoms with Crippen molar-refractivity contribution in [2.24, 2.45) is 0 Å². The van der Waals surface area contributed by atoms with Gasteiger partial charge in [0.25, 0.3) is 5.91 Å². The molecule has 0 atom stereocenters. The highest BCUT2D eigenvalue weighted by Crippen LogP contribution is 2.31. The molecule has 1 aromatic heterocycles. The van der Waals surface area contributed by atoms with Crippen LogP contribution in [0.25, 0.3) is 10.2 Å². The van der Waals surface area contributed by atoms with Crippen LogP contribution in [0.2, 0.25) is 0 Å². The third-order valence-corrected chi connectivity index (χ3v) is 5.99. The van der Waals surface area contributed by atoms with Gasteiger partial charge in [0.15, 0.2) is 6.61 Å². The highest BCUT2D eigenvalue weighted by Gasteiger charge is 2.16. The molecule has 3 rings (SSSR count). The van der Waals surface area contributed by atoms with Crippen LogP contribution in [0.3, 0.4) is 0 Å². The van der Waals surface area contributed by atoms with Gasteiger partial charge in [-0.05, 0) is 64.2 Å². The van der Waals surface area contributed by atoms with E-state index in [-0.39, 0.29) is 22.8 Å². The van der Waals surface area contributed by atoms with Crippen LogP contribution in [0.4, 0.5) is 5.69 Å². The topological polar surface area (TPSA) is 60.3 Å². The summed E-state index contributed by atoms with van der Waals surface area (Å²) in [6, 6.07) is 11.4. The second-order valence-electron chi connectivity index (χ2n) is 7.53. The standard InChI is InChI=1S/C21H23BrN2O3S/c1-5-24-16-8-7-14(11-18(16)28-20(24)26)23-19(25)12-27-17-9-6-13(10-15(17)22)21(2,3)4/h6-11H,5,12H2,1-4H3,(H,23,25). The van der Waals surface area contributed by atoms with Crippen molar-refractivity contribution in [1.82, 2.24) is 4.57 Å². The van der Waals surface area contributed by atoms with E-state index in [0.29, 0.717) is 18.0 Å². The number of rotatable bonds is 5. The molecule has 7 heteroatoms. The number of nitrogens with one attached hydrogen (secondary N) is 1. The number of carbonyl (C=O) groups is 1. The quantitative estimate of drug-likeness (QED) is 0.569. The summed E-state index contributed by atoms with van der Waals surface area (Å²) in [5.41, 5.74) is 2.75. The Labute approximate surface area is 176 Å². The lowest BCUT2D eigenvalue weighted by atomic mass is 9.87. The number of hydrogen-bond acceptors (Lipinski definition) is 4. The molecule has 0 aliphatic carbocycles. The molecule has 0 saturated heterocycles. The van der Waals surface area contributed by atoms with Crippen molar-refractivity contribution in [2.75, 3.05) is 11.9 Å². The summed E-state index contributed by atoms with van der Waals surface area (Å²) in [6.07, 6.45) is 0. The number of nitrogens with zero attached hydrogens (tertiary/aromatic N) is 1. The number of benzene rings is 2. The van der Waals surface area contributed by atoms with Gasteiger partial charge in [0, 0.05) is 12.2 Å². The van der Waals surface area contributed by atoms with Gasteiger partial charge in [-0.3, -0.25) is 14.2 Å². The molecule has 1 N–H and O–H groups in total. The zero-order valence-corrected chi connectivity index (χ0v) is 18.7. The van der Waals surface area contributed by atoms with Gasteiger partial charge in [-0.25, -0.2) is 0 Å². The molecule has 28 heavy (non-hydrogen) atoms. The molecule has 0 bridgehead atoms. The number of halogens is 1. The van der Waals surface area contributed by atoms with E-state index >= 15 is 0 Å². The third kappa shape index (κ3) is 4.47. The monoisotopic (exact) mass is 462 g/mol. The fraction of sp³-hybridized carbons (Fsp3) is 0.333. The maximum Gasteiger partial charge on any atom is 0.308 e. The lowest BCUT2D eigenvalue weighted by Gasteiger charge is -2.20. The fourth-order valence-corrected chi connectivity index (χ4v) is 4.36. The van der Waals surface area contributed by atoms with Gasteiger partial charge < -0.3 is 10.1 Å². The summed E-state index contributed by atoms with van der Waals surface area (Å²) in [5, 5.41) is 2.82. The van der Waals surface area contributed by atoms with E-state index in [9.17, 15) is 9.59 Å². The Kier molecular flexibility index (Phi) is 5.95. The first-order chi connectivity index (χ1) is 13.2. The largest absolute Gasteiger partial charge is 0.483 e. The molecule has 3 aromatic rings. The average molecular weight is 463 g/mol. The van der Waals surface area contributed by atoms with Crippen molar-refractivity contribution < 1.29 is 9.53 Å². The third-order valence-electron chi connectivity index (χ3n) is 4.42. The van der Waals surface area contributed by atoms with Crippen LogP contribution in [0.1, 0.15) is 33.3 Å². The number of aromatic nitrogens is 1. The second-order valence-corrected chi connectivity index (χ2v) is 9.37. The van der Waals surface area contributed by atoms with Crippen LogP contribution in [0, 0.1) is 0 Å². The summed E-state index contributed by atoms with van der Waals surface area (Å²) in [7, 11) is 0. The Bertz CT molecular complexity index is 1080. The van der Waals surface area contributed by atoms with E-state index in [1.54, 1.807) is 10.6 Å². The summed E-state index contributed by atoms with van der Waals surface area (Å²) < 4.78 is 9.04.